The Bertz CT molecular complexity index is 1210. The van der Waals surface area contributed by atoms with E-state index in [2.05, 4.69) is 5.32 Å². The van der Waals surface area contributed by atoms with E-state index in [9.17, 15) is 23.6 Å². The third-order valence-electron chi connectivity index (χ3n) is 6.70. The lowest BCUT2D eigenvalue weighted by Crippen LogP contribution is -2.48. The number of Topliss-reactive ketones (excluding diaryl/α,β-unsaturated/α-hetero) is 1. The standard InChI is InChI=1S/C28H34FN3O4/c1-5-31(6-2)26(34)16-22(25(33)17-29)30-28(36)21(18(3)4)15-27(35)32-23-13-9-7-11-19(23)20-12-8-10-14-24(20)32/h7-14,18,21-22H,5-6,15-17H2,1-4H3,(H,30,36)/t21-,22?/m0/s1. The number of aromatic nitrogens is 1. The van der Waals surface area contributed by atoms with Crippen LogP contribution in [0.1, 0.15) is 45.3 Å². The first kappa shape index (κ1) is 27.0. The molecule has 0 spiro atoms. The van der Waals surface area contributed by atoms with Crippen LogP contribution in [-0.4, -0.2) is 58.8 Å². The lowest BCUT2D eigenvalue weighted by atomic mass is 9.90. The van der Waals surface area contributed by atoms with Gasteiger partial charge in [-0.1, -0.05) is 50.2 Å². The maximum absolute atomic E-state index is 13.6. The van der Waals surface area contributed by atoms with Gasteiger partial charge in [0.1, 0.15) is 6.67 Å². The third-order valence-corrected chi connectivity index (χ3v) is 6.70. The SMILES string of the molecule is CCN(CC)C(=O)CC(NC(=O)[C@@H](CC(=O)n1c2ccccc2c2ccccc21)C(C)C)C(=O)CF. The van der Waals surface area contributed by atoms with Crippen LogP contribution in [0.5, 0.6) is 0 Å². The van der Waals surface area contributed by atoms with Crippen molar-refractivity contribution in [2.75, 3.05) is 19.8 Å². The van der Waals surface area contributed by atoms with E-state index in [1.54, 1.807) is 18.4 Å². The van der Waals surface area contributed by atoms with Gasteiger partial charge in [0, 0.05) is 36.2 Å². The number of fused-ring (bicyclic) bond motifs is 3. The van der Waals surface area contributed by atoms with E-state index >= 15 is 0 Å². The number of amides is 2. The molecule has 0 radical (unpaired) electrons. The van der Waals surface area contributed by atoms with Crippen molar-refractivity contribution in [1.82, 2.24) is 14.8 Å². The zero-order valence-corrected chi connectivity index (χ0v) is 21.3. The van der Waals surface area contributed by atoms with Crippen molar-refractivity contribution in [3.63, 3.8) is 0 Å². The Kier molecular flexibility index (Phi) is 8.96. The van der Waals surface area contributed by atoms with Crippen LogP contribution in [0.15, 0.2) is 48.5 Å². The molecule has 0 fully saturated rings. The second kappa shape index (κ2) is 11.9. The minimum Gasteiger partial charge on any atom is -0.345 e. The first-order valence-corrected chi connectivity index (χ1v) is 12.4. The quantitative estimate of drug-likeness (QED) is 0.428. The maximum atomic E-state index is 13.6. The number of rotatable bonds is 11. The Morgan fingerprint density at radius 2 is 1.42 bits per heavy atom. The van der Waals surface area contributed by atoms with Gasteiger partial charge in [0.2, 0.25) is 17.7 Å². The molecule has 1 unspecified atom stereocenters. The molecule has 0 saturated carbocycles. The number of nitrogens with one attached hydrogen (secondary N) is 1. The number of para-hydroxylation sites is 2. The van der Waals surface area contributed by atoms with Crippen molar-refractivity contribution in [3.8, 4) is 0 Å². The average molecular weight is 496 g/mol. The van der Waals surface area contributed by atoms with Crippen molar-refractivity contribution >= 4 is 45.3 Å². The summed E-state index contributed by atoms with van der Waals surface area (Å²) in [6.07, 6.45) is -0.422. The van der Waals surface area contributed by atoms with Crippen LogP contribution in [0.3, 0.4) is 0 Å². The van der Waals surface area contributed by atoms with Crippen LogP contribution in [-0.2, 0) is 14.4 Å². The number of hydrogen-bond acceptors (Lipinski definition) is 4. The lowest BCUT2D eigenvalue weighted by Gasteiger charge is -2.25. The number of hydrogen-bond donors (Lipinski definition) is 1. The van der Waals surface area contributed by atoms with Gasteiger partial charge in [0.05, 0.1) is 23.5 Å². The molecule has 1 heterocycles. The highest BCUT2D eigenvalue weighted by atomic mass is 19.1. The summed E-state index contributed by atoms with van der Waals surface area (Å²) in [5, 5.41) is 4.45. The highest BCUT2D eigenvalue weighted by Gasteiger charge is 2.32. The van der Waals surface area contributed by atoms with Crippen LogP contribution >= 0.6 is 0 Å². The van der Waals surface area contributed by atoms with Crippen molar-refractivity contribution in [3.05, 3.63) is 48.5 Å². The van der Waals surface area contributed by atoms with Crippen LogP contribution in [0.2, 0.25) is 0 Å². The van der Waals surface area contributed by atoms with Gasteiger partial charge >= 0.3 is 0 Å². The Morgan fingerprint density at radius 1 is 0.889 bits per heavy atom. The normalized spacial score (nSPS) is 13.1. The van der Waals surface area contributed by atoms with Gasteiger partial charge in [-0.15, -0.1) is 0 Å². The Labute approximate surface area is 210 Å². The largest absolute Gasteiger partial charge is 0.345 e. The first-order chi connectivity index (χ1) is 17.2. The smallest absolute Gasteiger partial charge is 0.232 e. The number of nitrogens with zero attached hydrogens (tertiary/aromatic N) is 2. The predicted molar refractivity (Wildman–Crippen MR) is 138 cm³/mol. The number of ketones is 1. The van der Waals surface area contributed by atoms with Gasteiger partial charge in [-0.05, 0) is 31.9 Å². The van der Waals surface area contributed by atoms with E-state index in [0.29, 0.717) is 13.1 Å². The van der Waals surface area contributed by atoms with Gasteiger partial charge < -0.3 is 10.2 Å². The van der Waals surface area contributed by atoms with Crippen molar-refractivity contribution in [2.45, 2.75) is 46.6 Å². The zero-order valence-electron chi connectivity index (χ0n) is 21.3. The zero-order chi connectivity index (χ0) is 26.4. The van der Waals surface area contributed by atoms with E-state index in [1.807, 2.05) is 62.4 Å². The second-order valence-corrected chi connectivity index (χ2v) is 9.25. The molecule has 7 nitrogen and oxygen atoms in total. The Morgan fingerprint density at radius 3 is 1.89 bits per heavy atom. The van der Waals surface area contributed by atoms with Crippen molar-refractivity contribution in [2.24, 2.45) is 11.8 Å². The van der Waals surface area contributed by atoms with E-state index < -0.39 is 30.3 Å². The highest BCUT2D eigenvalue weighted by Crippen LogP contribution is 2.30. The molecule has 1 aromatic heterocycles. The van der Waals surface area contributed by atoms with E-state index in [0.717, 1.165) is 21.8 Å². The fourth-order valence-electron chi connectivity index (χ4n) is 4.60. The molecule has 8 heteroatoms. The Hall–Kier alpha value is -3.55. The average Bonchev–Trinajstić information content (AvgIpc) is 3.21. The summed E-state index contributed by atoms with van der Waals surface area (Å²) in [5.41, 5.74) is 1.50. The molecule has 2 atom stereocenters. The molecule has 2 aromatic carbocycles. The summed E-state index contributed by atoms with van der Waals surface area (Å²) in [6, 6.07) is 13.9. The molecule has 3 aromatic rings. The minimum atomic E-state index is -1.29. The summed E-state index contributed by atoms with van der Waals surface area (Å²) in [7, 11) is 0. The van der Waals surface area contributed by atoms with E-state index in [4.69, 9.17) is 0 Å². The summed E-state index contributed by atoms with van der Waals surface area (Å²) in [5.74, 6) is -3.00. The fourth-order valence-corrected chi connectivity index (χ4v) is 4.60. The monoisotopic (exact) mass is 495 g/mol. The molecule has 36 heavy (non-hydrogen) atoms. The van der Waals surface area contributed by atoms with E-state index in [-0.39, 0.29) is 30.6 Å². The lowest BCUT2D eigenvalue weighted by molar-refractivity contribution is -0.136. The molecule has 1 N–H and O–H groups in total. The van der Waals surface area contributed by atoms with Gasteiger partial charge in [-0.2, -0.15) is 0 Å². The molecule has 0 aliphatic heterocycles. The number of carbonyl (C=O) groups excluding carboxylic acids is 4. The number of carbonyl (C=O) groups is 4. The minimum absolute atomic E-state index is 0.104. The molecule has 0 saturated heterocycles. The van der Waals surface area contributed by atoms with Gasteiger partial charge in [-0.25, -0.2) is 4.39 Å². The summed E-state index contributed by atoms with van der Waals surface area (Å²) in [6.45, 7) is 6.85. The molecule has 192 valence electrons. The maximum Gasteiger partial charge on any atom is 0.232 e. The van der Waals surface area contributed by atoms with Crippen LogP contribution < -0.4 is 5.32 Å². The van der Waals surface area contributed by atoms with Crippen LogP contribution in [0.4, 0.5) is 4.39 Å². The Balaban J connectivity index is 1.86. The molecule has 3 rings (SSSR count). The van der Waals surface area contributed by atoms with Crippen molar-refractivity contribution < 1.29 is 23.6 Å². The highest BCUT2D eigenvalue weighted by molar-refractivity contribution is 6.13. The number of halogens is 1. The summed E-state index contributed by atoms with van der Waals surface area (Å²) >= 11 is 0. The fraction of sp³-hybridized carbons (Fsp3) is 0.429. The van der Waals surface area contributed by atoms with Crippen LogP contribution in [0, 0.1) is 11.8 Å². The molecule has 0 aliphatic carbocycles. The second-order valence-electron chi connectivity index (χ2n) is 9.25. The summed E-state index contributed by atoms with van der Waals surface area (Å²) < 4.78 is 14.9. The number of benzene rings is 2. The van der Waals surface area contributed by atoms with Crippen molar-refractivity contribution in [1.29, 1.82) is 0 Å². The number of alkyl halides is 1. The molecular weight excluding hydrogens is 461 g/mol. The first-order valence-electron chi connectivity index (χ1n) is 12.4. The molecule has 0 bridgehead atoms. The molecule has 2 amide bonds. The van der Waals surface area contributed by atoms with Gasteiger partial charge in [0.15, 0.2) is 5.78 Å². The van der Waals surface area contributed by atoms with E-state index in [1.165, 1.54) is 4.90 Å². The topological polar surface area (TPSA) is 88.5 Å². The predicted octanol–water partition coefficient (Wildman–Crippen LogP) is 4.38. The van der Waals surface area contributed by atoms with Gasteiger partial charge in [-0.3, -0.25) is 23.7 Å². The van der Waals surface area contributed by atoms with Gasteiger partial charge in [0.25, 0.3) is 0 Å². The van der Waals surface area contributed by atoms with Crippen LogP contribution in [0.25, 0.3) is 21.8 Å². The molecule has 0 aliphatic rings. The summed E-state index contributed by atoms with van der Waals surface area (Å²) in [4.78, 5) is 53.2. The molecular formula is C28H34FN3O4. The third kappa shape index (κ3) is 5.64.